The molecule has 0 radical (unpaired) electrons. The molecule has 2 aliphatic heterocycles. The second-order valence-corrected chi connectivity index (χ2v) is 6.69. The third kappa shape index (κ3) is 2.91. The van der Waals surface area contributed by atoms with Crippen molar-refractivity contribution >= 4 is 0 Å². The number of nitrogens with zero attached hydrogens (tertiary/aromatic N) is 2. The Morgan fingerprint density at radius 2 is 2.13 bits per heavy atom. The molecule has 1 aromatic heterocycles. The van der Waals surface area contributed by atoms with E-state index in [0.29, 0.717) is 12.1 Å². The van der Waals surface area contributed by atoms with Crippen LogP contribution < -0.4 is 0 Å². The van der Waals surface area contributed by atoms with Gasteiger partial charge in [0.2, 0.25) is 0 Å². The molecule has 0 aliphatic carbocycles. The van der Waals surface area contributed by atoms with Crippen molar-refractivity contribution in [3.8, 4) is 0 Å². The van der Waals surface area contributed by atoms with Crippen molar-refractivity contribution in [1.82, 2.24) is 9.88 Å². The molecule has 1 fully saturated rings. The van der Waals surface area contributed by atoms with Crippen LogP contribution in [0.3, 0.4) is 0 Å². The summed E-state index contributed by atoms with van der Waals surface area (Å²) in [5.41, 5.74) is 5.40. The SMILES string of the molecule is Cc1cc([C@H]2c3ccccc3CCCN2[C@@H]2CCOC2)ccn1. The molecule has 0 unspecified atom stereocenters. The van der Waals surface area contributed by atoms with Crippen molar-refractivity contribution in [2.24, 2.45) is 0 Å². The van der Waals surface area contributed by atoms with Gasteiger partial charge in [-0.3, -0.25) is 9.88 Å². The lowest BCUT2D eigenvalue weighted by Gasteiger charge is -2.35. The summed E-state index contributed by atoms with van der Waals surface area (Å²) in [6.07, 6.45) is 5.47. The molecule has 120 valence electrons. The van der Waals surface area contributed by atoms with Crippen molar-refractivity contribution in [2.75, 3.05) is 19.8 Å². The summed E-state index contributed by atoms with van der Waals surface area (Å²) in [4.78, 5) is 7.07. The van der Waals surface area contributed by atoms with Gasteiger partial charge in [0, 0.05) is 24.5 Å². The van der Waals surface area contributed by atoms with Gasteiger partial charge in [0.1, 0.15) is 0 Å². The lowest BCUT2D eigenvalue weighted by atomic mass is 9.92. The van der Waals surface area contributed by atoms with Crippen LogP contribution in [0.1, 0.15) is 41.3 Å². The Labute approximate surface area is 138 Å². The van der Waals surface area contributed by atoms with E-state index in [1.54, 1.807) is 0 Å². The molecule has 0 amide bonds. The number of aryl methyl sites for hydroxylation is 2. The number of rotatable bonds is 2. The zero-order valence-corrected chi connectivity index (χ0v) is 13.7. The standard InChI is InChI=1S/C20H24N2O/c1-15-13-17(8-10-21-15)20-19-7-3-2-5-16(19)6-4-11-22(20)18-9-12-23-14-18/h2-3,5,7-8,10,13,18,20H,4,6,9,11-12,14H2,1H3/t18-,20+/m1/s1. The molecule has 3 heterocycles. The van der Waals surface area contributed by atoms with Gasteiger partial charge in [-0.15, -0.1) is 0 Å². The number of hydrogen-bond acceptors (Lipinski definition) is 3. The topological polar surface area (TPSA) is 25.4 Å². The van der Waals surface area contributed by atoms with Crippen molar-refractivity contribution in [3.63, 3.8) is 0 Å². The third-order valence-electron chi connectivity index (χ3n) is 5.15. The van der Waals surface area contributed by atoms with E-state index in [1.807, 2.05) is 6.20 Å². The highest BCUT2D eigenvalue weighted by Crippen LogP contribution is 2.37. The predicted octanol–water partition coefficient (Wildman–Crippen LogP) is 3.52. The average Bonchev–Trinajstić information content (AvgIpc) is 3.02. The first-order chi connectivity index (χ1) is 11.3. The van der Waals surface area contributed by atoms with E-state index in [2.05, 4.69) is 53.2 Å². The molecule has 3 nitrogen and oxygen atoms in total. The predicted molar refractivity (Wildman–Crippen MR) is 91.5 cm³/mol. The summed E-state index contributed by atoms with van der Waals surface area (Å²) in [5, 5.41) is 0. The highest BCUT2D eigenvalue weighted by Gasteiger charge is 2.33. The molecule has 0 bridgehead atoms. The van der Waals surface area contributed by atoms with Crippen LogP contribution in [0.15, 0.2) is 42.6 Å². The molecule has 3 heteroatoms. The average molecular weight is 308 g/mol. The molecule has 1 aromatic carbocycles. The molecule has 0 saturated carbocycles. The van der Waals surface area contributed by atoms with Gasteiger partial charge in [0.05, 0.1) is 12.6 Å². The minimum absolute atomic E-state index is 0.321. The van der Waals surface area contributed by atoms with Gasteiger partial charge >= 0.3 is 0 Å². The highest BCUT2D eigenvalue weighted by molar-refractivity contribution is 5.39. The first kappa shape index (κ1) is 14.9. The molecular formula is C20H24N2O. The Kier molecular flexibility index (Phi) is 4.15. The third-order valence-corrected chi connectivity index (χ3v) is 5.15. The van der Waals surface area contributed by atoms with Crippen molar-refractivity contribution in [2.45, 2.75) is 38.3 Å². The molecular weight excluding hydrogens is 284 g/mol. The second-order valence-electron chi connectivity index (χ2n) is 6.69. The quantitative estimate of drug-likeness (QED) is 0.849. The fraction of sp³-hybridized carbons (Fsp3) is 0.450. The number of aromatic nitrogens is 1. The van der Waals surface area contributed by atoms with Gasteiger partial charge < -0.3 is 4.74 Å². The van der Waals surface area contributed by atoms with E-state index in [-0.39, 0.29) is 0 Å². The number of pyridine rings is 1. The Bertz CT molecular complexity index is 679. The molecule has 0 spiro atoms. The van der Waals surface area contributed by atoms with Crippen LogP contribution in [0.25, 0.3) is 0 Å². The van der Waals surface area contributed by atoms with Crippen LogP contribution in [0.2, 0.25) is 0 Å². The lowest BCUT2D eigenvalue weighted by molar-refractivity contribution is 0.123. The summed E-state index contributed by atoms with van der Waals surface area (Å²) >= 11 is 0. The molecule has 1 saturated heterocycles. The first-order valence-electron chi connectivity index (χ1n) is 8.67. The van der Waals surface area contributed by atoms with E-state index in [4.69, 9.17) is 4.74 Å². The summed E-state index contributed by atoms with van der Waals surface area (Å²) in [6.45, 7) is 4.97. The number of ether oxygens (including phenoxy) is 1. The fourth-order valence-electron chi connectivity index (χ4n) is 4.07. The van der Waals surface area contributed by atoms with Gasteiger partial charge in [-0.05, 0) is 61.6 Å². The number of fused-ring (bicyclic) bond motifs is 1. The van der Waals surface area contributed by atoms with Crippen molar-refractivity contribution < 1.29 is 4.74 Å². The maximum Gasteiger partial charge on any atom is 0.0623 e. The smallest absolute Gasteiger partial charge is 0.0623 e. The van der Waals surface area contributed by atoms with Crippen LogP contribution in [-0.4, -0.2) is 35.7 Å². The van der Waals surface area contributed by atoms with Crippen LogP contribution in [0.5, 0.6) is 0 Å². The Morgan fingerprint density at radius 3 is 2.96 bits per heavy atom. The minimum Gasteiger partial charge on any atom is -0.380 e. The zero-order valence-electron chi connectivity index (χ0n) is 13.7. The van der Waals surface area contributed by atoms with Crippen LogP contribution in [0, 0.1) is 6.92 Å². The molecule has 2 aliphatic rings. The van der Waals surface area contributed by atoms with E-state index in [0.717, 1.165) is 31.9 Å². The van der Waals surface area contributed by atoms with Gasteiger partial charge in [0.15, 0.2) is 0 Å². The molecule has 4 rings (SSSR count). The Morgan fingerprint density at radius 1 is 1.22 bits per heavy atom. The van der Waals surface area contributed by atoms with Gasteiger partial charge in [-0.2, -0.15) is 0 Å². The summed E-state index contributed by atoms with van der Waals surface area (Å²) in [6, 6.07) is 14.2. The summed E-state index contributed by atoms with van der Waals surface area (Å²) < 4.78 is 5.69. The number of hydrogen-bond donors (Lipinski definition) is 0. The highest BCUT2D eigenvalue weighted by atomic mass is 16.5. The Hall–Kier alpha value is -1.71. The van der Waals surface area contributed by atoms with Gasteiger partial charge in [-0.1, -0.05) is 24.3 Å². The van der Waals surface area contributed by atoms with E-state index >= 15 is 0 Å². The largest absolute Gasteiger partial charge is 0.380 e. The van der Waals surface area contributed by atoms with Crippen LogP contribution >= 0.6 is 0 Å². The van der Waals surface area contributed by atoms with Gasteiger partial charge in [0.25, 0.3) is 0 Å². The number of benzene rings is 1. The van der Waals surface area contributed by atoms with Crippen LogP contribution in [0.4, 0.5) is 0 Å². The van der Waals surface area contributed by atoms with E-state index in [1.165, 1.54) is 29.5 Å². The normalized spacial score (nSPS) is 25.1. The van der Waals surface area contributed by atoms with Crippen molar-refractivity contribution in [3.05, 3.63) is 65.0 Å². The zero-order chi connectivity index (χ0) is 15.6. The van der Waals surface area contributed by atoms with E-state index in [9.17, 15) is 0 Å². The van der Waals surface area contributed by atoms with Crippen molar-refractivity contribution in [1.29, 1.82) is 0 Å². The fourth-order valence-corrected chi connectivity index (χ4v) is 4.07. The second kappa shape index (κ2) is 6.42. The Balaban J connectivity index is 1.82. The maximum atomic E-state index is 5.69. The van der Waals surface area contributed by atoms with Gasteiger partial charge in [-0.25, -0.2) is 0 Å². The summed E-state index contributed by atoms with van der Waals surface area (Å²) in [5.74, 6) is 0. The monoisotopic (exact) mass is 308 g/mol. The van der Waals surface area contributed by atoms with Crippen LogP contribution in [-0.2, 0) is 11.2 Å². The summed E-state index contributed by atoms with van der Waals surface area (Å²) in [7, 11) is 0. The molecule has 23 heavy (non-hydrogen) atoms. The minimum atomic E-state index is 0.321. The maximum absolute atomic E-state index is 5.69. The lowest BCUT2D eigenvalue weighted by Crippen LogP contribution is -2.39. The molecule has 0 N–H and O–H groups in total. The first-order valence-corrected chi connectivity index (χ1v) is 8.67. The molecule has 2 aromatic rings. The van der Waals surface area contributed by atoms with E-state index < -0.39 is 0 Å². The molecule has 2 atom stereocenters.